The Morgan fingerprint density at radius 3 is 2.70 bits per heavy atom. The van der Waals surface area contributed by atoms with Crippen LogP contribution >= 0.6 is 21.6 Å². The number of aliphatic hydroxyl groups is 1. The molecule has 9 rings (SSSR count). The minimum absolute atomic E-state index is 0.00601. The molecule has 282 valence electrons. The summed E-state index contributed by atoms with van der Waals surface area (Å²) in [4.78, 5) is 56.2. The summed E-state index contributed by atoms with van der Waals surface area (Å²) < 4.78 is 12.4. The smallest absolute Gasteiger partial charge is 0.340 e. The number of aliphatic hydroxyl groups excluding tert-OH is 1. The van der Waals surface area contributed by atoms with E-state index in [1.54, 1.807) is 28.5 Å². The minimum atomic E-state index is -0.888. The van der Waals surface area contributed by atoms with Crippen LogP contribution in [0.4, 0.5) is 0 Å². The molecule has 13 heteroatoms. The van der Waals surface area contributed by atoms with Crippen LogP contribution in [0.5, 0.6) is 0 Å². The van der Waals surface area contributed by atoms with Crippen molar-refractivity contribution in [2.24, 2.45) is 35.0 Å². The van der Waals surface area contributed by atoms with E-state index in [1.807, 2.05) is 12.2 Å². The van der Waals surface area contributed by atoms with E-state index in [2.05, 4.69) is 41.9 Å². The highest BCUT2D eigenvalue weighted by Crippen LogP contribution is 2.71. The number of carbonyl (C=O) groups is 4. The molecule has 8 unspecified atom stereocenters. The van der Waals surface area contributed by atoms with Crippen molar-refractivity contribution < 1.29 is 33.8 Å². The van der Waals surface area contributed by atoms with Crippen molar-refractivity contribution in [1.29, 1.82) is 0 Å². The lowest BCUT2D eigenvalue weighted by molar-refractivity contribution is -0.138. The van der Waals surface area contributed by atoms with Gasteiger partial charge >= 0.3 is 11.9 Å². The Labute approximate surface area is 318 Å². The maximum absolute atomic E-state index is 14.6. The number of ether oxygens (including phenoxy) is 2. The second-order valence-corrected chi connectivity index (χ2v) is 18.0. The summed E-state index contributed by atoms with van der Waals surface area (Å²) in [5, 5.41) is 20.6. The fraction of sp³-hybridized carbons (Fsp3) is 0.550. The number of allylic oxidation sites excluding steroid dienone is 5. The van der Waals surface area contributed by atoms with Crippen LogP contribution in [0.1, 0.15) is 65.7 Å². The van der Waals surface area contributed by atoms with Gasteiger partial charge in [0.25, 0.3) is 11.8 Å². The lowest BCUT2D eigenvalue weighted by Crippen LogP contribution is -2.54. The van der Waals surface area contributed by atoms with Crippen molar-refractivity contribution in [1.82, 2.24) is 20.9 Å². The first-order chi connectivity index (χ1) is 25.6. The molecule has 5 aliphatic heterocycles. The van der Waals surface area contributed by atoms with Gasteiger partial charge in [-0.05, 0) is 92.6 Å². The van der Waals surface area contributed by atoms with E-state index in [4.69, 9.17) is 9.47 Å². The SMILES string of the molecule is CCCC=C1OC(=O)C2=C1CCC1C3CCC4(C5=CCC(C)C(NCC(C)O)SSCNC6=CC(=CCN6)C(CN6C(=O)C=CC6=O)C3=C4C(=O)O5)C21. The summed E-state index contributed by atoms with van der Waals surface area (Å²) in [5.41, 5.74) is 3.25. The number of imide groups is 1. The van der Waals surface area contributed by atoms with E-state index in [9.17, 15) is 24.3 Å². The van der Waals surface area contributed by atoms with E-state index in [1.165, 1.54) is 17.1 Å². The molecule has 9 aliphatic rings. The molecule has 1 saturated heterocycles. The monoisotopic (exact) mass is 760 g/mol. The molecule has 53 heavy (non-hydrogen) atoms. The molecule has 2 fully saturated rings. The average Bonchev–Trinajstić information content (AvgIpc) is 3.76. The van der Waals surface area contributed by atoms with Gasteiger partial charge in [0, 0.05) is 54.8 Å². The molecule has 5 heterocycles. The zero-order valence-electron chi connectivity index (χ0n) is 30.4. The number of hydrogen-bond acceptors (Lipinski definition) is 12. The van der Waals surface area contributed by atoms with Crippen LogP contribution in [0, 0.1) is 35.0 Å². The molecule has 0 aromatic heterocycles. The van der Waals surface area contributed by atoms with Crippen LogP contribution in [-0.4, -0.2) is 70.7 Å². The quantitative estimate of drug-likeness (QED) is 0.160. The Kier molecular flexibility index (Phi) is 10.1. The van der Waals surface area contributed by atoms with Crippen LogP contribution in [0.2, 0.25) is 0 Å². The Morgan fingerprint density at radius 2 is 1.92 bits per heavy atom. The Hall–Kier alpha value is -3.52. The van der Waals surface area contributed by atoms with Crippen molar-refractivity contribution >= 4 is 45.3 Å². The molecular formula is C40H48N4O7S2. The third kappa shape index (κ3) is 6.25. The van der Waals surface area contributed by atoms with E-state index in [-0.39, 0.29) is 53.4 Å². The highest BCUT2D eigenvalue weighted by Gasteiger charge is 2.69. The molecule has 0 aromatic rings. The third-order valence-corrected chi connectivity index (χ3v) is 14.9. The van der Waals surface area contributed by atoms with Crippen LogP contribution in [-0.2, 0) is 28.7 Å². The zero-order chi connectivity index (χ0) is 37.0. The number of fused-ring (bicyclic) bond motifs is 2. The minimum Gasteiger partial charge on any atom is -0.427 e. The summed E-state index contributed by atoms with van der Waals surface area (Å²) in [7, 11) is 3.38. The number of nitrogens with zero attached hydrogens (tertiary/aromatic N) is 1. The maximum Gasteiger partial charge on any atom is 0.340 e. The molecule has 4 aliphatic carbocycles. The number of hydrogen-bond donors (Lipinski definition) is 4. The fourth-order valence-electron chi connectivity index (χ4n) is 10.0. The summed E-state index contributed by atoms with van der Waals surface area (Å²) >= 11 is 0. The Morgan fingerprint density at radius 1 is 1.11 bits per heavy atom. The third-order valence-electron chi connectivity index (χ3n) is 12.3. The number of carbonyl (C=O) groups excluding carboxylic acids is 4. The zero-order valence-corrected chi connectivity index (χ0v) is 32.1. The fourth-order valence-corrected chi connectivity index (χ4v) is 12.5. The van der Waals surface area contributed by atoms with E-state index < -0.39 is 23.4 Å². The first kappa shape index (κ1) is 36.5. The highest BCUT2D eigenvalue weighted by molar-refractivity contribution is 8.76. The van der Waals surface area contributed by atoms with Crippen molar-refractivity contribution in [2.45, 2.75) is 77.2 Å². The first-order valence-electron chi connectivity index (χ1n) is 19.1. The standard InChI is InChI=1S/C40H48N4O7S2/c1-4-5-6-28-26-9-8-25-24-13-15-40(35(25)34(26)38(48)50-28)29-10-7-21(2)37(42-18-22(3)45)53-52-20-43-30-17-23(14-16-41-30)27(33(24)36(40)39(49)51-29)19-44-31(46)11-12-32(44)47/h6,10-12,14,17,21-22,24-25,27,35,37,41-43,45H,4-5,7-9,13,15-16,18-20H2,1-3H3. The van der Waals surface area contributed by atoms with E-state index in [0.717, 1.165) is 48.2 Å². The normalized spacial score (nSPS) is 35.0. The van der Waals surface area contributed by atoms with Gasteiger partial charge in [-0.15, -0.1) is 0 Å². The van der Waals surface area contributed by atoms with Gasteiger partial charge in [0.15, 0.2) is 0 Å². The molecule has 1 spiro atoms. The second kappa shape index (κ2) is 14.6. The largest absolute Gasteiger partial charge is 0.427 e. The number of unbranched alkanes of at least 4 members (excludes halogenated alkanes) is 1. The van der Waals surface area contributed by atoms with Crippen molar-refractivity contribution in [3.05, 3.63) is 81.7 Å². The maximum atomic E-state index is 14.6. The molecule has 1 saturated carbocycles. The molecule has 4 N–H and O–H groups in total. The highest BCUT2D eigenvalue weighted by atomic mass is 33.1. The van der Waals surface area contributed by atoms with Crippen molar-refractivity contribution in [3.63, 3.8) is 0 Å². The lowest BCUT2D eigenvalue weighted by Gasteiger charge is -2.57. The summed E-state index contributed by atoms with van der Waals surface area (Å²) in [5.74, 6) is 0.608. The van der Waals surface area contributed by atoms with Gasteiger partial charge in [0.1, 0.15) is 11.5 Å². The number of dihydropyridines is 1. The molecule has 0 aromatic carbocycles. The molecule has 7 bridgehead atoms. The predicted molar refractivity (Wildman–Crippen MR) is 203 cm³/mol. The van der Waals surface area contributed by atoms with Gasteiger partial charge in [-0.3, -0.25) is 14.5 Å². The summed E-state index contributed by atoms with van der Waals surface area (Å²) in [6.45, 7) is 7.11. The molecule has 2 amide bonds. The van der Waals surface area contributed by atoms with Crippen molar-refractivity contribution in [2.75, 3.05) is 25.5 Å². The van der Waals surface area contributed by atoms with Gasteiger partial charge < -0.3 is 30.5 Å². The Bertz CT molecular complexity index is 1820. The van der Waals surface area contributed by atoms with E-state index in [0.29, 0.717) is 60.9 Å². The van der Waals surface area contributed by atoms with Crippen molar-refractivity contribution in [3.8, 4) is 0 Å². The second-order valence-electron chi connectivity index (χ2n) is 15.5. The van der Waals surface area contributed by atoms with Crippen LogP contribution in [0.3, 0.4) is 0 Å². The van der Waals surface area contributed by atoms with Gasteiger partial charge in [0.2, 0.25) is 0 Å². The van der Waals surface area contributed by atoms with Gasteiger partial charge in [0.05, 0.1) is 34.2 Å². The van der Waals surface area contributed by atoms with E-state index >= 15 is 0 Å². The average molecular weight is 761 g/mol. The summed E-state index contributed by atoms with van der Waals surface area (Å²) in [6.07, 6.45) is 15.7. The molecule has 0 radical (unpaired) electrons. The van der Waals surface area contributed by atoms with Crippen LogP contribution < -0.4 is 16.0 Å². The number of esters is 2. The van der Waals surface area contributed by atoms with Crippen LogP contribution in [0.15, 0.2) is 81.7 Å². The Balaban J connectivity index is 1.33. The number of nitrogens with one attached hydrogen (secondary N) is 3. The summed E-state index contributed by atoms with van der Waals surface area (Å²) in [6, 6.07) is 0. The molecular weight excluding hydrogens is 713 g/mol. The van der Waals surface area contributed by atoms with Gasteiger partial charge in [-0.25, -0.2) is 9.59 Å². The number of rotatable bonds is 7. The topological polar surface area (TPSA) is 146 Å². The number of amides is 2. The molecule has 8 atom stereocenters. The first-order valence-corrected chi connectivity index (χ1v) is 21.5. The molecule has 11 nitrogen and oxygen atoms in total. The lowest BCUT2D eigenvalue weighted by atomic mass is 9.43. The number of cyclic esters (lactones) is 1. The predicted octanol–water partition coefficient (Wildman–Crippen LogP) is 4.87. The van der Waals surface area contributed by atoms with Crippen LogP contribution in [0.25, 0.3) is 0 Å². The van der Waals surface area contributed by atoms with Gasteiger partial charge in [-0.2, -0.15) is 0 Å². The van der Waals surface area contributed by atoms with Gasteiger partial charge in [-0.1, -0.05) is 47.9 Å².